The minimum Gasteiger partial charge on any atom is -0.494 e. The molecule has 0 aliphatic heterocycles. The van der Waals surface area contributed by atoms with Crippen molar-refractivity contribution < 1.29 is 9.53 Å². The number of aryl methyl sites for hydroxylation is 1. The van der Waals surface area contributed by atoms with Crippen molar-refractivity contribution in [2.75, 3.05) is 18.1 Å². The molecule has 2 aromatic rings. The lowest BCUT2D eigenvalue weighted by Gasteiger charge is -2.05. The quantitative estimate of drug-likeness (QED) is 0.502. The molecule has 0 bridgehead atoms. The molecule has 0 fully saturated rings. The molecule has 0 saturated heterocycles. The van der Waals surface area contributed by atoms with Crippen LogP contribution in [0.25, 0.3) is 0 Å². The fourth-order valence-electron chi connectivity index (χ4n) is 1.75. The van der Waals surface area contributed by atoms with E-state index in [1.165, 1.54) is 11.8 Å². The first-order chi connectivity index (χ1) is 10.1. The van der Waals surface area contributed by atoms with Crippen molar-refractivity contribution >= 4 is 23.4 Å². The first-order valence-corrected chi connectivity index (χ1v) is 7.57. The average Bonchev–Trinajstić information content (AvgIpc) is 2.45. The molecule has 2 rings (SSSR count). The average molecular weight is 303 g/mol. The number of carbonyl (C=O) groups excluding carboxylic acids is 1. The van der Waals surface area contributed by atoms with Gasteiger partial charge in [0, 0.05) is 17.3 Å². The number of nitrogens with two attached hydrogens (primary N) is 1. The monoisotopic (exact) mass is 303 g/mol. The molecule has 0 aliphatic carbocycles. The zero-order valence-corrected chi connectivity index (χ0v) is 12.8. The molecule has 0 atom stereocenters. The highest BCUT2D eigenvalue weighted by molar-refractivity contribution is 7.99. The van der Waals surface area contributed by atoms with Crippen molar-refractivity contribution in [2.24, 2.45) is 0 Å². The van der Waals surface area contributed by atoms with E-state index in [1.54, 1.807) is 30.3 Å². The number of benzene rings is 1. The minimum atomic E-state index is 0.0201. The van der Waals surface area contributed by atoms with Crippen LogP contribution in [0.4, 0.5) is 5.82 Å². The maximum absolute atomic E-state index is 12.1. The molecule has 1 aromatic heterocycles. The van der Waals surface area contributed by atoms with E-state index in [4.69, 9.17) is 10.5 Å². The van der Waals surface area contributed by atoms with Crippen LogP contribution in [-0.4, -0.2) is 28.1 Å². The Morgan fingerprint density at radius 1 is 1.29 bits per heavy atom. The summed E-state index contributed by atoms with van der Waals surface area (Å²) in [5.74, 6) is 1.47. The molecule has 5 nitrogen and oxygen atoms in total. The Bertz CT molecular complexity index is 609. The number of hydrogen-bond acceptors (Lipinski definition) is 6. The van der Waals surface area contributed by atoms with Gasteiger partial charge in [-0.1, -0.05) is 11.8 Å². The van der Waals surface area contributed by atoms with Gasteiger partial charge in [0.25, 0.3) is 0 Å². The molecule has 0 saturated carbocycles. The van der Waals surface area contributed by atoms with Gasteiger partial charge in [-0.25, -0.2) is 9.97 Å². The van der Waals surface area contributed by atoms with Crippen molar-refractivity contribution in [3.63, 3.8) is 0 Å². The second-order valence-corrected chi connectivity index (χ2v) is 5.33. The van der Waals surface area contributed by atoms with Crippen molar-refractivity contribution in [3.05, 3.63) is 41.6 Å². The Labute approximate surface area is 127 Å². The van der Waals surface area contributed by atoms with Crippen LogP contribution in [0.5, 0.6) is 5.75 Å². The molecule has 0 unspecified atom stereocenters. The number of hydrogen-bond donors (Lipinski definition) is 1. The molecular weight excluding hydrogens is 286 g/mol. The van der Waals surface area contributed by atoms with Gasteiger partial charge >= 0.3 is 0 Å². The van der Waals surface area contributed by atoms with Gasteiger partial charge in [-0.3, -0.25) is 4.79 Å². The van der Waals surface area contributed by atoms with E-state index >= 15 is 0 Å². The third kappa shape index (κ3) is 4.46. The molecule has 21 heavy (non-hydrogen) atoms. The molecular formula is C15H17N3O2S. The molecule has 0 spiro atoms. The number of Topliss-reactive ketones (excluding diaryl/α,β-unsaturated/α-hetero) is 1. The highest BCUT2D eigenvalue weighted by Gasteiger charge is 2.09. The fraction of sp³-hybridized carbons (Fsp3) is 0.267. The van der Waals surface area contributed by atoms with E-state index in [0.29, 0.717) is 23.1 Å². The van der Waals surface area contributed by atoms with Crippen LogP contribution in [0.2, 0.25) is 0 Å². The Balaban J connectivity index is 1.97. The number of anilines is 1. The summed E-state index contributed by atoms with van der Waals surface area (Å²) in [5.41, 5.74) is 7.09. The topological polar surface area (TPSA) is 78.1 Å². The smallest absolute Gasteiger partial charge is 0.190 e. The first-order valence-electron chi connectivity index (χ1n) is 6.58. The lowest BCUT2D eigenvalue weighted by Crippen LogP contribution is -2.04. The zero-order valence-electron chi connectivity index (χ0n) is 12.0. The Morgan fingerprint density at radius 2 is 2.00 bits per heavy atom. The number of nitrogen functional groups attached to an aromatic ring is 1. The van der Waals surface area contributed by atoms with E-state index < -0.39 is 0 Å². The SMILES string of the molecule is CCOc1ccc(C(=O)CSc2nc(C)cc(N)n2)cc1. The van der Waals surface area contributed by atoms with E-state index in [2.05, 4.69) is 9.97 Å². The molecule has 2 N–H and O–H groups in total. The summed E-state index contributed by atoms with van der Waals surface area (Å²) in [6, 6.07) is 8.81. The van der Waals surface area contributed by atoms with E-state index in [-0.39, 0.29) is 11.5 Å². The standard InChI is InChI=1S/C15H17N3O2S/c1-3-20-12-6-4-11(5-7-12)13(19)9-21-15-17-10(2)8-14(16)18-15/h4-8H,3,9H2,1-2H3,(H2,16,17,18). The number of ketones is 1. The van der Waals surface area contributed by atoms with Crippen LogP contribution in [0.1, 0.15) is 23.0 Å². The van der Waals surface area contributed by atoms with Crippen molar-refractivity contribution in [1.29, 1.82) is 0 Å². The van der Waals surface area contributed by atoms with Crippen molar-refractivity contribution in [1.82, 2.24) is 9.97 Å². The van der Waals surface area contributed by atoms with Gasteiger partial charge in [-0.15, -0.1) is 0 Å². The van der Waals surface area contributed by atoms with Gasteiger partial charge in [0.05, 0.1) is 12.4 Å². The van der Waals surface area contributed by atoms with E-state index in [0.717, 1.165) is 11.4 Å². The maximum Gasteiger partial charge on any atom is 0.190 e. The Hall–Kier alpha value is -2.08. The van der Waals surface area contributed by atoms with E-state index in [1.807, 2.05) is 13.8 Å². The second-order valence-electron chi connectivity index (χ2n) is 4.39. The highest BCUT2D eigenvalue weighted by atomic mass is 32.2. The van der Waals surface area contributed by atoms with Gasteiger partial charge in [-0.2, -0.15) is 0 Å². The molecule has 1 aromatic carbocycles. The van der Waals surface area contributed by atoms with Crippen LogP contribution in [0.3, 0.4) is 0 Å². The summed E-state index contributed by atoms with van der Waals surface area (Å²) in [5, 5.41) is 0.520. The first kappa shape index (κ1) is 15.3. The number of aromatic nitrogens is 2. The van der Waals surface area contributed by atoms with Crippen molar-refractivity contribution in [2.45, 2.75) is 19.0 Å². The summed E-state index contributed by atoms with van der Waals surface area (Å²) in [7, 11) is 0. The lowest BCUT2D eigenvalue weighted by molar-refractivity contribution is 0.102. The summed E-state index contributed by atoms with van der Waals surface area (Å²) >= 11 is 1.28. The fourth-order valence-corrected chi connectivity index (χ4v) is 2.55. The van der Waals surface area contributed by atoms with Gasteiger partial charge in [0.15, 0.2) is 10.9 Å². The third-order valence-electron chi connectivity index (χ3n) is 2.67. The molecule has 1 heterocycles. The number of ether oxygens (including phenoxy) is 1. The summed E-state index contributed by atoms with van der Waals surface area (Å²) in [6.45, 7) is 4.37. The summed E-state index contributed by atoms with van der Waals surface area (Å²) in [4.78, 5) is 20.4. The van der Waals surface area contributed by atoms with Crippen LogP contribution >= 0.6 is 11.8 Å². The largest absolute Gasteiger partial charge is 0.494 e. The van der Waals surface area contributed by atoms with Gasteiger partial charge in [-0.05, 0) is 38.1 Å². The Kier molecular flexibility index (Phi) is 5.16. The third-order valence-corrected chi connectivity index (χ3v) is 3.52. The maximum atomic E-state index is 12.1. The highest BCUT2D eigenvalue weighted by Crippen LogP contribution is 2.18. The predicted molar refractivity (Wildman–Crippen MR) is 83.8 cm³/mol. The van der Waals surface area contributed by atoms with Crippen LogP contribution in [0.15, 0.2) is 35.5 Å². The van der Waals surface area contributed by atoms with E-state index in [9.17, 15) is 4.79 Å². The molecule has 0 radical (unpaired) electrons. The van der Waals surface area contributed by atoms with Crippen molar-refractivity contribution in [3.8, 4) is 5.75 Å². The van der Waals surface area contributed by atoms with Crippen LogP contribution in [-0.2, 0) is 0 Å². The second kappa shape index (κ2) is 7.08. The predicted octanol–water partition coefficient (Wildman–Crippen LogP) is 2.74. The Morgan fingerprint density at radius 3 is 2.62 bits per heavy atom. The summed E-state index contributed by atoms with van der Waals surface area (Å²) < 4.78 is 5.35. The number of thioether (sulfide) groups is 1. The van der Waals surface area contributed by atoms with Crippen LogP contribution < -0.4 is 10.5 Å². The molecule has 110 valence electrons. The lowest BCUT2D eigenvalue weighted by atomic mass is 10.1. The minimum absolute atomic E-state index is 0.0201. The zero-order chi connectivity index (χ0) is 15.2. The van der Waals surface area contributed by atoms with Gasteiger partial charge in [0.2, 0.25) is 0 Å². The molecule has 0 amide bonds. The van der Waals surface area contributed by atoms with Gasteiger partial charge in [0.1, 0.15) is 11.6 Å². The molecule has 0 aliphatic rings. The molecule has 6 heteroatoms. The van der Waals surface area contributed by atoms with Crippen LogP contribution in [0, 0.1) is 6.92 Å². The van der Waals surface area contributed by atoms with Gasteiger partial charge < -0.3 is 10.5 Å². The number of rotatable bonds is 6. The normalized spacial score (nSPS) is 10.4. The summed E-state index contributed by atoms with van der Waals surface area (Å²) in [6.07, 6.45) is 0. The number of nitrogens with zero attached hydrogens (tertiary/aromatic N) is 2. The number of carbonyl (C=O) groups is 1.